The third kappa shape index (κ3) is 3.38. The van der Waals surface area contributed by atoms with Gasteiger partial charge < -0.3 is 15.0 Å². The Hall–Kier alpha value is -4.20. The van der Waals surface area contributed by atoms with E-state index >= 15 is 0 Å². The molecule has 4 aromatic rings. The van der Waals surface area contributed by atoms with Gasteiger partial charge in [-0.1, -0.05) is 18.2 Å². The van der Waals surface area contributed by atoms with Gasteiger partial charge in [0.2, 0.25) is 0 Å². The molecule has 138 valence electrons. The smallest absolute Gasteiger partial charge is 0.294 e. The molecule has 0 spiro atoms. The highest BCUT2D eigenvalue weighted by atomic mass is 16.7. The maximum absolute atomic E-state index is 13.0. The fraction of sp³-hybridized carbons (Fsp3) is 0. The lowest BCUT2D eigenvalue weighted by Crippen LogP contribution is -2.34. The summed E-state index contributed by atoms with van der Waals surface area (Å²) in [6.45, 7) is 0. The van der Waals surface area contributed by atoms with Crippen molar-refractivity contribution < 1.29 is 18.8 Å². The number of aromatic nitrogens is 2. The first-order chi connectivity index (χ1) is 13.6. The zero-order valence-corrected chi connectivity index (χ0v) is 14.5. The molecule has 4 rings (SSSR count). The Morgan fingerprint density at radius 2 is 1.75 bits per heavy atom. The van der Waals surface area contributed by atoms with Crippen LogP contribution in [0.25, 0.3) is 11.0 Å². The minimum Gasteiger partial charge on any atom is -0.451 e. The van der Waals surface area contributed by atoms with Crippen molar-refractivity contribution in [2.24, 2.45) is 5.73 Å². The molecule has 2 amide bonds. The summed E-state index contributed by atoms with van der Waals surface area (Å²) in [5, 5.41) is 1.73. The van der Waals surface area contributed by atoms with Crippen LogP contribution in [0.3, 0.4) is 0 Å². The van der Waals surface area contributed by atoms with Gasteiger partial charge in [0.05, 0.1) is 11.3 Å². The molecule has 0 aliphatic heterocycles. The van der Waals surface area contributed by atoms with Gasteiger partial charge >= 0.3 is 0 Å². The van der Waals surface area contributed by atoms with Gasteiger partial charge in [-0.3, -0.25) is 9.59 Å². The fourth-order valence-electron chi connectivity index (χ4n) is 2.60. The average molecular weight is 374 g/mol. The molecule has 0 radical (unpaired) electrons. The fourth-order valence-corrected chi connectivity index (χ4v) is 2.60. The van der Waals surface area contributed by atoms with Gasteiger partial charge in [-0.15, -0.1) is 5.06 Å². The minimum absolute atomic E-state index is 0.0328. The lowest BCUT2D eigenvalue weighted by atomic mass is 10.2. The molecule has 2 aromatic carbocycles. The molecule has 0 saturated carbocycles. The van der Waals surface area contributed by atoms with Crippen molar-refractivity contribution >= 4 is 28.5 Å². The number of rotatable bonds is 5. The van der Waals surface area contributed by atoms with Crippen molar-refractivity contribution in [3.05, 3.63) is 84.6 Å². The summed E-state index contributed by atoms with van der Waals surface area (Å²) in [7, 11) is 0. The molecule has 28 heavy (non-hydrogen) atoms. The number of hydrogen-bond acceptors (Lipinski definition) is 6. The second-order valence-electron chi connectivity index (χ2n) is 5.83. The van der Waals surface area contributed by atoms with Crippen LogP contribution in [0.2, 0.25) is 0 Å². The third-order valence-electron chi connectivity index (χ3n) is 3.91. The van der Waals surface area contributed by atoms with Crippen LogP contribution in [0.5, 0.6) is 5.75 Å². The average Bonchev–Trinajstić information content (AvgIpc) is 3.17. The normalized spacial score (nSPS) is 10.6. The number of para-hydroxylation sites is 1. The molecule has 2 aromatic heterocycles. The van der Waals surface area contributed by atoms with Gasteiger partial charge in [0.1, 0.15) is 11.9 Å². The molecule has 0 bridgehead atoms. The Labute approximate surface area is 159 Å². The van der Waals surface area contributed by atoms with Crippen LogP contribution in [0.15, 0.2) is 77.7 Å². The summed E-state index contributed by atoms with van der Waals surface area (Å²) >= 11 is 0. The van der Waals surface area contributed by atoms with E-state index in [1.807, 2.05) is 6.07 Å². The molecule has 0 aliphatic carbocycles. The Morgan fingerprint density at radius 1 is 1.00 bits per heavy atom. The van der Waals surface area contributed by atoms with Crippen LogP contribution in [0.1, 0.15) is 20.9 Å². The molecule has 8 nitrogen and oxygen atoms in total. The van der Waals surface area contributed by atoms with Crippen molar-refractivity contribution in [1.82, 2.24) is 9.97 Å². The summed E-state index contributed by atoms with van der Waals surface area (Å²) in [4.78, 5) is 38.0. The second-order valence-corrected chi connectivity index (χ2v) is 5.83. The highest BCUT2D eigenvalue weighted by Crippen LogP contribution is 2.27. The Balaban J connectivity index is 1.76. The van der Waals surface area contributed by atoms with Crippen LogP contribution in [-0.2, 0) is 0 Å². The molecule has 0 fully saturated rings. The second kappa shape index (κ2) is 7.20. The van der Waals surface area contributed by atoms with Crippen molar-refractivity contribution in [3.8, 4) is 5.75 Å². The first kappa shape index (κ1) is 17.2. The maximum atomic E-state index is 13.0. The lowest BCUT2D eigenvalue weighted by molar-refractivity contribution is 0.0879. The monoisotopic (exact) mass is 374 g/mol. The van der Waals surface area contributed by atoms with Crippen LogP contribution in [0, 0.1) is 0 Å². The number of primary amides is 1. The summed E-state index contributed by atoms with van der Waals surface area (Å²) in [6, 6.07) is 15.3. The first-order valence-corrected chi connectivity index (χ1v) is 8.28. The van der Waals surface area contributed by atoms with E-state index in [-0.39, 0.29) is 11.3 Å². The lowest BCUT2D eigenvalue weighted by Gasteiger charge is -2.22. The summed E-state index contributed by atoms with van der Waals surface area (Å²) in [5.41, 5.74) is 6.42. The van der Waals surface area contributed by atoms with E-state index in [9.17, 15) is 9.59 Å². The van der Waals surface area contributed by atoms with Crippen molar-refractivity contribution in [2.45, 2.75) is 0 Å². The number of furan rings is 1. The number of fused-ring (bicyclic) bond motifs is 1. The number of carbonyl (C=O) groups is 2. The number of anilines is 1. The highest BCUT2D eigenvalue weighted by Gasteiger charge is 2.22. The summed E-state index contributed by atoms with van der Waals surface area (Å²) in [5.74, 6) is -0.627. The zero-order chi connectivity index (χ0) is 19.5. The zero-order valence-electron chi connectivity index (χ0n) is 14.5. The quantitative estimate of drug-likeness (QED) is 0.538. The number of benzene rings is 2. The highest BCUT2D eigenvalue weighted by molar-refractivity contribution is 6.05. The summed E-state index contributed by atoms with van der Waals surface area (Å²) in [6.07, 6.45) is 4.14. The van der Waals surface area contributed by atoms with Crippen molar-refractivity contribution in [1.29, 1.82) is 0 Å². The van der Waals surface area contributed by atoms with Crippen LogP contribution in [-0.4, -0.2) is 21.8 Å². The van der Waals surface area contributed by atoms with E-state index in [0.29, 0.717) is 22.4 Å². The molecule has 0 saturated heterocycles. The first-order valence-electron chi connectivity index (χ1n) is 8.28. The van der Waals surface area contributed by atoms with Crippen molar-refractivity contribution in [3.63, 3.8) is 0 Å². The van der Waals surface area contributed by atoms with E-state index in [1.54, 1.807) is 42.5 Å². The maximum Gasteiger partial charge on any atom is 0.294 e. The SMILES string of the molecule is NC(=O)c1cc2cc(N(Oc3ccccc3)C(=O)c3cncnc3)ccc2o1. The standard InChI is InChI=1S/C20H14N4O4/c21-19(25)18-9-13-8-15(6-7-17(13)27-18)24(28-16-4-2-1-3-5-16)20(26)14-10-22-12-23-11-14/h1-12H,(H2,21,25). The third-order valence-corrected chi connectivity index (χ3v) is 3.91. The van der Waals surface area contributed by atoms with Gasteiger partial charge in [-0.05, 0) is 36.4 Å². The predicted molar refractivity (Wildman–Crippen MR) is 101 cm³/mol. The van der Waals surface area contributed by atoms with Gasteiger partial charge in [0.25, 0.3) is 11.8 Å². The van der Waals surface area contributed by atoms with Gasteiger partial charge in [0.15, 0.2) is 11.5 Å². The van der Waals surface area contributed by atoms with Gasteiger partial charge in [-0.2, -0.15) is 0 Å². The molecule has 0 unspecified atom stereocenters. The minimum atomic E-state index is -0.673. The number of nitrogens with zero attached hydrogens (tertiary/aromatic N) is 3. The van der Waals surface area contributed by atoms with E-state index in [2.05, 4.69) is 9.97 Å². The predicted octanol–water partition coefficient (Wildman–Crippen LogP) is 2.96. The topological polar surface area (TPSA) is 112 Å². The number of hydroxylamine groups is 1. The molecule has 8 heteroatoms. The molecular formula is C20H14N4O4. The van der Waals surface area contributed by atoms with E-state index < -0.39 is 11.8 Å². The van der Waals surface area contributed by atoms with Crippen LogP contribution >= 0.6 is 0 Å². The van der Waals surface area contributed by atoms with Crippen molar-refractivity contribution in [2.75, 3.05) is 5.06 Å². The summed E-state index contributed by atoms with van der Waals surface area (Å²) < 4.78 is 5.39. The molecule has 2 heterocycles. The van der Waals surface area contributed by atoms with Gasteiger partial charge in [-0.25, -0.2) is 9.97 Å². The van der Waals surface area contributed by atoms with Gasteiger partial charge in [0, 0.05) is 17.8 Å². The molecule has 2 N–H and O–H groups in total. The molecule has 0 aliphatic rings. The Kier molecular flexibility index (Phi) is 4.43. The van der Waals surface area contributed by atoms with Crippen LogP contribution in [0.4, 0.5) is 5.69 Å². The Morgan fingerprint density at radius 3 is 2.46 bits per heavy atom. The molecule has 0 atom stereocenters. The van der Waals surface area contributed by atoms with Crippen LogP contribution < -0.4 is 15.6 Å². The largest absolute Gasteiger partial charge is 0.451 e. The van der Waals surface area contributed by atoms with E-state index in [0.717, 1.165) is 5.06 Å². The number of carbonyl (C=O) groups excluding carboxylic acids is 2. The van der Waals surface area contributed by atoms with E-state index in [1.165, 1.54) is 24.8 Å². The van der Waals surface area contributed by atoms with E-state index in [4.69, 9.17) is 15.0 Å². The number of amides is 2. The number of hydrogen-bond donors (Lipinski definition) is 1. The Bertz CT molecular complexity index is 1140. The molecular weight excluding hydrogens is 360 g/mol. The number of nitrogens with two attached hydrogens (primary N) is 1.